The van der Waals surface area contributed by atoms with E-state index >= 15 is 0 Å². The van der Waals surface area contributed by atoms with E-state index in [9.17, 15) is 4.79 Å². The van der Waals surface area contributed by atoms with E-state index in [1.54, 1.807) is 11.8 Å². The van der Waals surface area contributed by atoms with Crippen LogP contribution in [0.1, 0.15) is 29.7 Å². The minimum atomic E-state index is 0.0730. The van der Waals surface area contributed by atoms with Crippen molar-refractivity contribution in [3.8, 4) is 0 Å². The average molecular weight is 280 g/mol. The molecule has 19 heavy (non-hydrogen) atoms. The second-order valence-corrected chi connectivity index (χ2v) is 6.32. The summed E-state index contributed by atoms with van der Waals surface area (Å²) in [5, 5.41) is 0.0730. The Kier molecular flexibility index (Phi) is 3.84. The Bertz CT molecular complexity index is 454. The van der Waals surface area contributed by atoms with Crippen molar-refractivity contribution in [1.29, 1.82) is 0 Å². The Labute approximate surface area is 118 Å². The molecule has 1 aromatic heterocycles. The number of thioether (sulfide) groups is 1. The molecule has 1 atom stereocenters. The van der Waals surface area contributed by atoms with E-state index in [4.69, 9.17) is 4.42 Å². The monoisotopic (exact) mass is 280 g/mol. The summed E-state index contributed by atoms with van der Waals surface area (Å²) in [5.74, 6) is 2.64. The van der Waals surface area contributed by atoms with E-state index in [2.05, 4.69) is 4.90 Å². The molecule has 104 valence electrons. The van der Waals surface area contributed by atoms with Gasteiger partial charge in [0.25, 0.3) is 0 Å². The molecule has 0 aromatic carbocycles. The molecular weight excluding hydrogens is 260 g/mol. The summed E-state index contributed by atoms with van der Waals surface area (Å²) in [7, 11) is 0. The molecule has 1 unspecified atom stereocenters. The average Bonchev–Trinajstić information content (AvgIpc) is 3.08. The maximum Gasteiger partial charge on any atom is 0.233 e. The van der Waals surface area contributed by atoms with Gasteiger partial charge < -0.3 is 14.2 Å². The molecule has 5 heteroatoms. The maximum atomic E-state index is 12.0. The quantitative estimate of drug-likeness (QED) is 0.847. The topological polar surface area (TPSA) is 36.7 Å². The summed E-state index contributed by atoms with van der Waals surface area (Å²) in [6.07, 6.45) is 2.59. The van der Waals surface area contributed by atoms with Gasteiger partial charge in [-0.3, -0.25) is 4.79 Å². The second kappa shape index (κ2) is 5.59. The zero-order valence-corrected chi connectivity index (χ0v) is 12.1. The Morgan fingerprint density at radius 1 is 1.32 bits per heavy atom. The SMILES string of the molecule is Cc1ccc(C2SCC(=O)N2CCN2CCCC2)o1. The van der Waals surface area contributed by atoms with Gasteiger partial charge in [-0.2, -0.15) is 0 Å². The van der Waals surface area contributed by atoms with Crippen LogP contribution >= 0.6 is 11.8 Å². The van der Waals surface area contributed by atoms with Crippen molar-refractivity contribution in [2.24, 2.45) is 0 Å². The van der Waals surface area contributed by atoms with E-state index in [0.29, 0.717) is 5.75 Å². The van der Waals surface area contributed by atoms with Crippen molar-refractivity contribution in [3.63, 3.8) is 0 Å². The third-order valence-corrected chi connectivity index (χ3v) is 5.04. The number of furan rings is 1. The Balaban J connectivity index is 1.64. The summed E-state index contributed by atoms with van der Waals surface area (Å²) >= 11 is 1.67. The van der Waals surface area contributed by atoms with Crippen molar-refractivity contribution >= 4 is 17.7 Å². The largest absolute Gasteiger partial charge is 0.463 e. The highest BCUT2D eigenvalue weighted by Gasteiger charge is 2.34. The van der Waals surface area contributed by atoms with Crippen molar-refractivity contribution in [2.75, 3.05) is 31.9 Å². The molecule has 2 aliphatic rings. The number of carbonyl (C=O) groups is 1. The predicted molar refractivity (Wildman–Crippen MR) is 76.0 cm³/mol. The highest BCUT2D eigenvalue weighted by molar-refractivity contribution is 8.00. The normalized spacial score (nSPS) is 24.6. The number of likely N-dealkylation sites (tertiary alicyclic amines) is 1. The highest BCUT2D eigenvalue weighted by Crippen LogP contribution is 2.39. The Morgan fingerprint density at radius 2 is 2.11 bits per heavy atom. The molecule has 3 heterocycles. The third-order valence-electron chi connectivity index (χ3n) is 3.83. The first kappa shape index (κ1) is 13.1. The van der Waals surface area contributed by atoms with Gasteiger partial charge in [0.05, 0.1) is 5.75 Å². The van der Waals surface area contributed by atoms with Gasteiger partial charge >= 0.3 is 0 Å². The first-order valence-corrected chi connectivity index (χ1v) is 7.99. The van der Waals surface area contributed by atoms with Crippen molar-refractivity contribution in [2.45, 2.75) is 25.1 Å². The summed E-state index contributed by atoms with van der Waals surface area (Å²) in [5.41, 5.74) is 0. The minimum Gasteiger partial charge on any atom is -0.463 e. The van der Waals surface area contributed by atoms with Crippen LogP contribution in [0.5, 0.6) is 0 Å². The minimum absolute atomic E-state index is 0.0730. The zero-order chi connectivity index (χ0) is 13.2. The molecule has 0 aliphatic carbocycles. The number of aryl methyl sites for hydroxylation is 1. The molecular formula is C14H20N2O2S. The van der Waals surface area contributed by atoms with Gasteiger partial charge in [0.15, 0.2) is 0 Å². The summed E-state index contributed by atoms with van der Waals surface area (Å²) in [6, 6.07) is 3.96. The summed E-state index contributed by atoms with van der Waals surface area (Å²) in [4.78, 5) is 16.4. The standard InChI is InChI=1S/C14H20N2O2S/c1-11-4-5-12(18-11)14-16(13(17)10-19-14)9-8-15-6-2-3-7-15/h4-5,14H,2-3,6-10H2,1H3. The molecule has 4 nitrogen and oxygen atoms in total. The molecule has 0 spiro atoms. The Morgan fingerprint density at radius 3 is 2.79 bits per heavy atom. The Hall–Kier alpha value is -0.940. The van der Waals surface area contributed by atoms with E-state index < -0.39 is 0 Å². The molecule has 2 aliphatic heterocycles. The molecule has 0 bridgehead atoms. The number of nitrogens with zero attached hydrogens (tertiary/aromatic N) is 2. The summed E-state index contributed by atoms with van der Waals surface area (Å²) < 4.78 is 5.69. The number of rotatable bonds is 4. The van der Waals surface area contributed by atoms with Gasteiger partial charge in [0.1, 0.15) is 16.9 Å². The van der Waals surface area contributed by atoms with Crippen molar-refractivity contribution < 1.29 is 9.21 Å². The number of carbonyl (C=O) groups excluding carboxylic acids is 1. The fourth-order valence-electron chi connectivity index (χ4n) is 2.77. The number of hydrogen-bond donors (Lipinski definition) is 0. The molecule has 0 N–H and O–H groups in total. The molecule has 3 rings (SSSR count). The smallest absolute Gasteiger partial charge is 0.233 e. The third kappa shape index (κ3) is 2.82. The zero-order valence-electron chi connectivity index (χ0n) is 11.3. The van der Waals surface area contributed by atoms with E-state index in [0.717, 1.165) is 24.6 Å². The van der Waals surface area contributed by atoms with Gasteiger partial charge in [0.2, 0.25) is 5.91 Å². The number of hydrogen-bond acceptors (Lipinski definition) is 4. The lowest BCUT2D eigenvalue weighted by Gasteiger charge is -2.25. The van der Waals surface area contributed by atoms with Gasteiger partial charge in [0, 0.05) is 13.1 Å². The fraction of sp³-hybridized carbons (Fsp3) is 0.643. The van der Waals surface area contributed by atoms with Crippen LogP contribution in [0.25, 0.3) is 0 Å². The van der Waals surface area contributed by atoms with Crippen LogP contribution in [0.3, 0.4) is 0 Å². The molecule has 2 fully saturated rings. The first-order valence-electron chi connectivity index (χ1n) is 6.94. The van der Waals surface area contributed by atoms with Crippen LogP contribution in [0.15, 0.2) is 16.5 Å². The summed E-state index contributed by atoms with van der Waals surface area (Å²) in [6.45, 7) is 6.11. The van der Waals surface area contributed by atoms with Crippen LogP contribution in [-0.4, -0.2) is 47.6 Å². The first-order chi connectivity index (χ1) is 9.24. The van der Waals surface area contributed by atoms with E-state index in [1.165, 1.54) is 25.9 Å². The van der Waals surface area contributed by atoms with E-state index in [-0.39, 0.29) is 11.3 Å². The van der Waals surface area contributed by atoms with Gasteiger partial charge in [-0.1, -0.05) is 0 Å². The molecule has 1 aromatic rings. The van der Waals surface area contributed by atoms with Gasteiger partial charge in [-0.05, 0) is 45.0 Å². The van der Waals surface area contributed by atoms with Gasteiger partial charge in [-0.15, -0.1) is 11.8 Å². The fourth-order valence-corrected chi connectivity index (χ4v) is 3.93. The predicted octanol–water partition coefficient (Wildman–Crippen LogP) is 2.26. The highest BCUT2D eigenvalue weighted by atomic mass is 32.2. The van der Waals surface area contributed by atoms with Crippen LogP contribution in [0, 0.1) is 6.92 Å². The number of amides is 1. The lowest BCUT2D eigenvalue weighted by atomic mass is 10.3. The molecule has 0 radical (unpaired) electrons. The van der Waals surface area contributed by atoms with Crippen molar-refractivity contribution in [1.82, 2.24) is 9.80 Å². The maximum absolute atomic E-state index is 12.0. The van der Waals surface area contributed by atoms with Gasteiger partial charge in [-0.25, -0.2) is 0 Å². The lowest BCUT2D eigenvalue weighted by molar-refractivity contribution is -0.128. The molecule has 1 amide bonds. The van der Waals surface area contributed by atoms with Crippen LogP contribution < -0.4 is 0 Å². The molecule has 2 saturated heterocycles. The van der Waals surface area contributed by atoms with Crippen LogP contribution in [-0.2, 0) is 4.79 Å². The second-order valence-electron chi connectivity index (χ2n) is 5.25. The van der Waals surface area contributed by atoms with E-state index in [1.807, 2.05) is 24.0 Å². The van der Waals surface area contributed by atoms with Crippen LogP contribution in [0.4, 0.5) is 0 Å². The lowest BCUT2D eigenvalue weighted by Crippen LogP contribution is -2.36. The van der Waals surface area contributed by atoms with Crippen LogP contribution in [0.2, 0.25) is 0 Å². The molecule has 0 saturated carbocycles. The van der Waals surface area contributed by atoms with Crippen molar-refractivity contribution in [3.05, 3.63) is 23.7 Å².